The topological polar surface area (TPSA) is 91.0 Å². The van der Waals surface area contributed by atoms with E-state index in [9.17, 15) is 4.79 Å². The Bertz CT molecular complexity index is 408. The molecule has 7 heteroatoms. The smallest absolute Gasteiger partial charge is 0.318 e. The predicted octanol–water partition coefficient (Wildman–Crippen LogP) is 2.23. The third kappa shape index (κ3) is 3.88. The van der Waals surface area contributed by atoms with Crippen molar-refractivity contribution in [1.29, 1.82) is 5.41 Å². The second kappa shape index (κ2) is 5.13. The number of guanidine groups is 1. The molecule has 0 bridgehead atoms. The largest absolute Gasteiger partial charge is 0.351 e. The van der Waals surface area contributed by atoms with Gasteiger partial charge in [-0.05, 0) is 34.1 Å². The second-order valence-corrected chi connectivity index (χ2v) is 4.38. The second-order valence-electron chi connectivity index (χ2n) is 2.61. The van der Waals surface area contributed by atoms with Gasteiger partial charge < -0.3 is 11.1 Å². The molecule has 1 aromatic carbocycles. The number of benzene rings is 1. The summed E-state index contributed by atoms with van der Waals surface area (Å²) in [5.74, 6) is -0.175. The van der Waals surface area contributed by atoms with Gasteiger partial charge in [-0.2, -0.15) is 0 Å². The monoisotopic (exact) mass is 334 g/mol. The summed E-state index contributed by atoms with van der Waals surface area (Å²) in [6.07, 6.45) is 0. The number of nitrogens with two attached hydrogens (primary N) is 1. The molecular formula is C8H8Br2N4O. The maximum atomic E-state index is 10.5. The number of carbonyl (C=O) groups excluding carboxylic acids is 1. The first kappa shape index (κ1) is 12.0. The summed E-state index contributed by atoms with van der Waals surface area (Å²) in [7, 11) is 0. The Balaban J connectivity index is 2.72. The highest BCUT2D eigenvalue weighted by atomic mass is 79.9. The molecular weight excluding hydrogens is 328 g/mol. The van der Waals surface area contributed by atoms with Crippen molar-refractivity contribution in [1.82, 2.24) is 5.32 Å². The Morgan fingerprint density at radius 2 is 2.07 bits per heavy atom. The zero-order chi connectivity index (χ0) is 11.4. The van der Waals surface area contributed by atoms with E-state index in [4.69, 9.17) is 11.1 Å². The lowest BCUT2D eigenvalue weighted by atomic mass is 10.3. The zero-order valence-corrected chi connectivity index (χ0v) is 10.6. The SMILES string of the molecule is N=C(NC(N)=O)Nc1ccc(Br)cc1Br. The predicted molar refractivity (Wildman–Crippen MR) is 65.9 cm³/mol. The van der Waals surface area contributed by atoms with Crippen molar-refractivity contribution in [3.05, 3.63) is 27.1 Å². The molecule has 0 spiro atoms. The van der Waals surface area contributed by atoms with Crippen LogP contribution in [-0.4, -0.2) is 12.0 Å². The summed E-state index contributed by atoms with van der Waals surface area (Å²) in [4.78, 5) is 10.5. The van der Waals surface area contributed by atoms with Gasteiger partial charge in [-0.3, -0.25) is 10.7 Å². The number of rotatable bonds is 1. The van der Waals surface area contributed by atoms with Crippen molar-refractivity contribution in [3.8, 4) is 0 Å². The lowest BCUT2D eigenvalue weighted by Gasteiger charge is -2.09. The van der Waals surface area contributed by atoms with Gasteiger partial charge in [-0.1, -0.05) is 15.9 Å². The van der Waals surface area contributed by atoms with E-state index in [-0.39, 0.29) is 5.96 Å². The lowest BCUT2D eigenvalue weighted by molar-refractivity contribution is 0.253. The van der Waals surface area contributed by atoms with Crippen LogP contribution in [0.4, 0.5) is 10.5 Å². The first-order valence-electron chi connectivity index (χ1n) is 3.86. The van der Waals surface area contributed by atoms with Crippen LogP contribution in [-0.2, 0) is 0 Å². The summed E-state index contributed by atoms with van der Waals surface area (Å²) in [5.41, 5.74) is 5.52. The van der Waals surface area contributed by atoms with Crippen molar-refractivity contribution < 1.29 is 4.79 Å². The molecule has 0 saturated carbocycles. The fourth-order valence-corrected chi connectivity index (χ4v) is 2.03. The van der Waals surface area contributed by atoms with Crippen molar-refractivity contribution in [2.75, 3.05) is 5.32 Å². The standard InChI is InChI=1S/C8H8Br2N4O/c9-4-1-2-6(5(10)3-4)13-7(11)14-8(12)15/h1-3H,(H5,11,12,13,14,15). The van der Waals surface area contributed by atoms with Crippen LogP contribution < -0.4 is 16.4 Å². The van der Waals surface area contributed by atoms with E-state index in [0.29, 0.717) is 5.69 Å². The van der Waals surface area contributed by atoms with Gasteiger partial charge in [0.25, 0.3) is 0 Å². The number of hydrogen-bond acceptors (Lipinski definition) is 2. The number of amides is 2. The molecule has 0 fully saturated rings. The van der Waals surface area contributed by atoms with E-state index in [2.05, 4.69) is 42.5 Å². The fourth-order valence-electron chi connectivity index (χ4n) is 0.880. The Hall–Kier alpha value is -1.08. The molecule has 0 aliphatic rings. The van der Waals surface area contributed by atoms with Gasteiger partial charge in [0.1, 0.15) is 0 Å². The van der Waals surface area contributed by atoms with Gasteiger partial charge in [0.2, 0.25) is 5.96 Å². The first-order valence-corrected chi connectivity index (χ1v) is 5.44. The van der Waals surface area contributed by atoms with Crippen LogP contribution in [0.5, 0.6) is 0 Å². The number of carbonyl (C=O) groups is 1. The lowest BCUT2D eigenvalue weighted by Crippen LogP contribution is -2.38. The highest BCUT2D eigenvalue weighted by Crippen LogP contribution is 2.25. The van der Waals surface area contributed by atoms with Gasteiger partial charge in [0, 0.05) is 8.95 Å². The molecule has 2 amide bonds. The minimum absolute atomic E-state index is 0.175. The molecule has 0 radical (unpaired) electrons. The van der Waals surface area contributed by atoms with Gasteiger partial charge in [0.05, 0.1) is 5.69 Å². The summed E-state index contributed by atoms with van der Waals surface area (Å²) < 4.78 is 1.68. The van der Waals surface area contributed by atoms with Crippen LogP contribution >= 0.6 is 31.9 Å². The molecule has 0 unspecified atom stereocenters. The van der Waals surface area contributed by atoms with E-state index >= 15 is 0 Å². The molecule has 0 aromatic heterocycles. The quantitative estimate of drug-likeness (QED) is 0.468. The fraction of sp³-hybridized carbons (Fsp3) is 0. The van der Waals surface area contributed by atoms with E-state index in [1.54, 1.807) is 6.07 Å². The van der Waals surface area contributed by atoms with Gasteiger partial charge in [0.15, 0.2) is 0 Å². The van der Waals surface area contributed by atoms with Crippen LogP contribution in [0.15, 0.2) is 27.1 Å². The molecule has 5 N–H and O–H groups in total. The minimum Gasteiger partial charge on any atom is -0.351 e. The molecule has 1 rings (SSSR count). The number of urea groups is 1. The molecule has 0 atom stereocenters. The van der Waals surface area contributed by atoms with Crippen LogP contribution in [0.25, 0.3) is 0 Å². The van der Waals surface area contributed by atoms with Gasteiger partial charge >= 0.3 is 6.03 Å². The molecule has 15 heavy (non-hydrogen) atoms. The molecule has 0 aliphatic heterocycles. The van der Waals surface area contributed by atoms with Crippen molar-refractivity contribution >= 4 is 49.5 Å². The Morgan fingerprint density at radius 1 is 1.40 bits per heavy atom. The van der Waals surface area contributed by atoms with E-state index in [1.165, 1.54) is 0 Å². The van der Waals surface area contributed by atoms with E-state index in [1.807, 2.05) is 12.1 Å². The Labute approximate surface area is 103 Å². The van der Waals surface area contributed by atoms with Crippen molar-refractivity contribution in [2.24, 2.45) is 5.73 Å². The molecule has 0 saturated heterocycles. The number of primary amides is 1. The van der Waals surface area contributed by atoms with Crippen LogP contribution in [0, 0.1) is 5.41 Å². The summed E-state index contributed by atoms with van der Waals surface area (Å²) in [6, 6.07) is 4.61. The number of halogens is 2. The van der Waals surface area contributed by atoms with Crippen molar-refractivity contribution in [2.45, 2.75) is 0 Å². The average molecular weight is 336 g/mol. The third-order valence-electron chi connectivity index (χ3n) is 1.44. The molecule has 0 heterocycles. The Kier molecular flexibility index (Phi) is 4.10. The zero-order valence-electron chi connectivity index (χ0n) is 7.47. The third-order valence-corrected chi connectivity index (χ3v) is 2.59. The molecule has 5 nitrogen and oxygen atoms in total. The van der Waals surface area contributed by atoms with Crippen molar-refractivity contribution in [3.63, 3.8) is 0 Å². The summed E-state index contributed by atoms with van der Waals surface area (Å²) in [5, 5.41) is 12.1. The highest BCUT2D eigenvalue weighted by Gasteiger charge is 2.03. The highest BCUT2D eigenvalue weighted by molar-refractivity contribution is 9.11. The minimum atomic E-state index is -0.777. The normalized spacial score (nSPS) is 9.47. The van der Waals surface area contributed by atoms with E-state index in [0.717, 1.165) is 8.95 Å². The summed E-state index contributed by atoms with van der Waals surface area (Å²) >= 11 is 6.61. The Morgan fingerprint density at radius 3 is 2.60 bits per heavy atom. The van der Waals surface area contributed by atoms with Gasteiger partial charge in [-0.15, -0.1) is 0 Å². The molecule has 1 aromatic rings. The van der Waals surface area contributed by atoms with Crippen LogP contribution in [0.3, 0.4) is 0 Å². The summed E-state index contributed by atoms with van der Waals surface area (Å²) in [6.45, 7) is 0. The maximum Gasteiger partial charge on any atom is 0.318 e. The van der Waals surface area contributed by atoms with Crippen LogP contribution in [0.1, 0.15) is 0 Å². The number of hydrogen-bond donors (Lipinski definition) is 4. The molecule has 0 aliphatic carbocycles. The molecule has 80 valence electrons. The first-order chi connectivity index (χ1) is 6.99. The van der Waals surface area contributed by atoms with Gasteiger partial charge in [-0.25, -0.2) is 4.79 Å². The van der Waals surface area contributed by atoms with E-state index < -0.39 is 6.03 Å². The number of nitrogens with one attached hydrogen (secondary N) is 3. The average Bonchev–Trinajstić information content (AvgIpc) is 2.08. The van der Waals surface area contributed by atoms with Crippen LogP contribution in [0.2, 0.25) is 0 Å². The number of anilines is 1. The maximum absolute atomic E-state index is 10.5.